The van der Waals surface area contributed by atoms with Crippen LogP contribution in [0.4, 0.5) is 0 Å². The van der Waals surface area contributed by atoms with Crippen LogP contribution in [0.3, 0.4) is 0 Å². The Morgan fingerprint density at radius 3 is 3.00 bits per heavy atom. The zero-order valence-corrected chi connectivity index (χ0v) is 10.0. The number of ether oxygens (including phenoxy) is 1. The van der Waals surface area contributed by atoms with E-state index in [9.17, 15) is 0 Å². The third-order valence-electron chi connectivity index (χ3n) is 3.49. The van der Waals surface area contributed by atoms with Crippen LogP contribution in [0.25, 0.3) is 0 Å². The zero-order chi connectivity index (χ0) is 11.6. The molecule has 0 amide bonds. The summed E-state index contributed by atoms with van der Waals surface area (Å²) in [6.07, 6.45) is 5.65. The number of rotatable bonds is 3. The maximum Gasteiger partial charge on any atom is 0.138 e. The predicted octanol–water partition coefficient (Wildman–Crippen LogP) is 0.644. The Balaban J connectivity index is 2.01. The van der Waals surface area contributed by atoms with Crippen molar-refractivity contribution in [2.75, 3.05) is 6.61 Å². The molecule has 0 radical (unpaired) electrons. The SMILES string of the molecule is Cn1ncnc1CC(N)C1(C)CCCCO1. The van der Waals surface area contributed by atoms with E-state index in [4.69, 9.17) is 10.5 Å². The highest BCUT2D eigenvalue weighted by atomic mass is 16.5. The molecular weight excluding hydrogens is 204 g/mol. The molecule has 2 rings (SSSR count). The molecule has 1 aliphatic heterocycles. The van der Waals surface area contributed by atoms with Crippen LogP contribution in [0, 0.1) is 0 Å². The second-order valence-electron chi connectivity index (χ2n) is 4.73. The van der Waals surface area contributed by atoms with Crippen molar-refractivity contribution in [3.63, 3.8) is 0 Å². The fourth-order valence-electron chi connectivity index (χ4n) is 2.17. The van der Waals surface area contributed by atoms with Crippen LogP contribution < -0.4 is 5.73 Å². The normalized spacial score (nSPS) is 27.9. The Labute approximate surface area is 96.0 Å². The van der Waals surface area contributed by atoms with Crippen LogP contribution in [0.1, 0.15) is 32.0 Å². The minimum atomic E-state index is -0.204. The third kappa shape index (κ3) is 2.25. The monoisotopic (exact) mass is 224 g/mol. The molecule has 1 aliphatic rings. The topological polar surface area (TPSA) is 66.0 Å². The number of hydrogen-bond acceptors (Lipinski definition) is 4. The van der Waals surface area contributed by atoms with Crippen molar-refractivity contribution in [2.24, 2.45) is 12.8 Å². The average Bonchev–Trinajstić information content (AvgIpc) is 2.65. The second-order valence-corrected chi connectivity index (χ2v) is 4.73. The van der Waals surface area contributed by atoms with Gasteiger partial charge in [0.2, 0.25) is 0 Å². The van der Waals surface area contributed by atoms with Crippen LogP contribution in [0.15, 0.2) is 6.33 Å². The lowest BCUT2D eigenvalue weighted by Gasteiger charge is -2.38. The summed E-state index contributed by atoms with van der Waals surface area (Å²) in [5, 5.41) is 4.05. The molecule has 5 heteroatoms. The van der Waals surface area contributed by atoms with Crippen molar-refractivity contribution in [3.05, 3.63) is 12.2 Å². The van der Waals surface area contributed by atoms with Gasteiger partial charge in [0.25, 0.3) is 0 Å². The van der Waals surface area contributed by atoms with Gasteiger partial charge in [0.1, 0.15) is 12.2 Å². The van der Waals surface area contributed by atoms with Crippen LogP contribution in [0.2, 0.25) is 0 Å². The summed E-state index contributed by atoms with van der Waals surface area (Å²) in [6.45, 7) is 2.93. The summed E-state index contributed by atoms with van der Waals surface area (Å²) in [6, 6.07) is -0.0179. The maximum absolute atomic E-state index is 6.24. The van der Waals surface area contributed by atoms with E-state index in [0.717, 1.165) is 25.3 Å². The standard InChI is InChI=1S/C11H20N4O/c1-11(5-3-4-6-16-11)9(12)7-10-13-8-14-15(10)2/h8-9H,3-7,12H2,1-2H3. The maximum atomic E-state index is 6.24. The van der Waals surface area contributed by atoms with Gasteiger partial charge in [-0.25, -0.2) is 4.98 Å². The van der Waals surface area contributed by atoms with Crippen molar-refractivity contribution >= 4 is 0 Å². The first-order valence-corrected chi connectivity index (χ1v) is 5.84. The largest absolute Gasteiger partial charge is 0.374 e. The van der Waals surface area contributed by atoms with Gasteiger partial charge in [-0.1, -0.05) is 0 Å². The molecule has 0 spiro atoms. The zero-order valence-electron chi connectivity index (χ0n) is 10.0. The highest BCUT2D eigenvalue weighted by molar-refractivity contribution is 4.97. The molecule has 0 saturated carbocycles. The van der Waals surface area contributed by atoms with Gasteiger partial charge in [0, 0.05) is 26.1 Å². The van der Waals surface area contributed by atoms with Gasteiger partial charge < -0.3 is 10.5 Å². The predicted molar refractivity (Wildman–Crippen MR) is 60.9 cm³/mol. The lowest BCUT2D eigenvalue weighted by Crippen LogP contribution is -2.51. The van der Waals surface area contributed by atoms with Crippen molar-refractivity contribution in [3.8, 4) is 0 Å². The summed E-state index contributed by atoms with van der Waals surface area (Å²) in [5.74, 6) is 0.919. The van der Waals surface area contributed by atoms with Gasteiger partial charge in [-0.15, -0.1) is 0 Å². The molecule has 16 heavy (non-hydrogen) atoms. The first-order chi connectivity index (χ1) is 7.62. The van der Waals surface area contributed by atoms with Gasteiger partial charge in [0.15, 0.2) is 0 Å². The van der Waals surface area contributed by atoms with Crippen molar-refractivity contribution in [1.29, 1.82) is 0 Å². The molecule has 2 atom stereocenters. The molecule has 0 aromatic carbocycles. The summed E-state index contributed by atoms with van der Waals surface area (Å²) in [7, 11) is 1.89. The molecule has 1 aromatic rings. The van der Waals surface area contributed by atoms with Gasteiger partial charge in [-0.3, -0.25) is 4.68 Å². The van der Waals surface area contributed by atoms with Gasteiger partial charge >= 0.3 is 0 Å². The van der Waals surface area contributed by atoms with Crippen LogP contribution in [-0.2, 0) is 18.2 Å². The van der Waals surface area contributed by atoms with Crippen molar-refractivity contribution < 1.29 is 4.74 Å². The molecule has 1 aromatic heterocycles. The molecular formula is C11H20N4O. The minimum Gasteiger partial charge on any atom is -0.374 e. The van der Waals surface area contributed by atoms with E-state index < -0.39 is 0 Å². The second kappa shape index (κ2) is 4.51. The quantitative estimate of drug-likeness (QED) is 0.818. The fourth-order valence-corrected chi connectivity index (χ4v) is 2.17. The van der Waals surface area contributed by atoms with Crippen LogP contribution in [-0.4, -0.2) is 33.0 Å². The fraction of sp³-hybridized carbons (Fsp3) is 0.818. The minimum absolute atomic E-state index is 0.0179. The molecule has 90 valence electrons. The van der Waals surface area contributed by atoms with E-state index >= 15 is 0 Å². The molecule has 2 heterocycles. The first kappa shape index (κ1) is 11.5. The lowest BCUT2D eigenvalue weighted by molar-refractivity contribution is -0.0812. The van der Waals surface area contributed by atoms with Crippen molar-refractivity contribution in [1.82, 2.24) is 14.8 Å². The first-order valence-electron chi connectivity index (χ1n) is 5.84. The number of nitrogens with zero attached hydrogens (tertiary/aromatic N) is 3. The van der Waals surface area contributed by atoms with Crippen molar-refractivity contribution in [2.45, 2.75) is 44.2 Å². The molecule has 0 bridgehead atoms. The highest BCUT2D eigenvalue weighted by Crippen LogP contribution is 2.28. The van der Waals surface area contributed by atoms with E-state index in [1.54, 1.807) is 11.0 Å². The number of aryl methyl sites for hydroxylation is 1. The van der Waals surface area contributed by atoms with E-state index in [0.29, 0.717) is 6.42 Å². The Hall–Kier alpha value is -0.940. The number of aromatic nitrogens is 3. The molecule has 1 saturated heterocycles. The van der Waals surface area contributed by atoms with Crippen LogP contribution >= 0.6 is 0 Å². The molecule has 0 aliphatic carbocycles. The number of nitrogens with two attached hydrogens (primary N) is 1. The van der Waals surface area contributed by atoms with Crippen LogP contribution in [0.5, 0.6) is 0 Å². The highest BCUT2D eigenvalue weighted by Gasteiger charge is 2.35. The molecule has 2 N–H and O–H groups in total. The summed E-state index contributed by atoms with van der Waals surface area (Å²) < 4.78 is 7.60. The summed E-state index contributed by atoms with van der Waals surface area (Å²) in [4.78, 5) is 4.20. The van der Waals surface area contributed by atoms with E-state index in [1.807, 2.05) is 7.05 Å². The van der Waals surface area contributed by atoms with Gasteiger partial charge in [0.05, 0.1) is 5.60 Å². The summed E-state index contributed by atoms with van der Waals surface area (Å²) >= 11 is 0. The van der Waals surface area contributed by atoms with Gasteiger partial charge in [-0.05, 0) is 26.2 Å². The van der Waals surface area contributed by atoms with E-state index in [2.05, 4.69) is 17.0 Å². The Morgan fingerprint density at radius 1 is 1.62 bits per heavy atom. The molecule has 5 nitrogen and oxygen atoms in total. The summed E-state index contributed by atoms with van der Waals surface area (Å²) in [5.41, 5.74) is 6.03. The van der Waals surface area contributed by atoms with E-state index in [-0.39, 0.29) is 11.6 Å². The lowest BCUT2D eigenvalue weighted by atomic mass is 9.87. The average molecular weight is 224 g/mol. The molecule has 1 fully saturated rings. The Kier molecular flexibility index (Phi) is 3.25. The van der Waals surface area contributed by atoms with E-state index in [1.165, 1.54) is 6.42 Å². The Bertz CT molecular complexity index is 344. The number of hydrogen-bond donors (Lipinski definition) is 1. The Morgan fingerprint density at radius 2 is 2.44 bits per heavy atom. The van der Waals surface area contributed by atoms with Gasteiger partial charge in [-0.2, -0.15) is 5.10 Å². The smallest absolute Gasteiger partial charge is 0.138 e. The molecule has 2 unspecified atom stereocenters. The third-order valence-corrected chi connectivity index (χ3v) is 3.49.